The molecule has 0 unspecified atom stereocenters. The van der Waals surface area contributed by atoms with Crippen LogP contribution in [0, 0.1) is 0 Å². The number of rotatable bonds is 6. The van der Waals surface area contributed by atoms with Crippen molar-refractivity contribution in [2.24, 2.45) is 0 Å². The second kappa shape index (κ2) is 10.8. The molecule has 1 aliphatic heterocycles. The van der Waals surface area contributed by atoms with Gasteiger partial charge >= 0.3 is 0 Å². The number of methoxy groups -OCH3 is 1. The van der Waals surface area contributed by atoms with Gasteiger partial charge in [-0.1, -0.05) is 49.4 Å². The number of ether oxygens (including phenoxy) is 1. The maximum atomic E-state index is 12.7. The van der Waals surface area contributed by atoms with Crippen LogP contribution in [0.15, 0.2) is 34.9 Å². The van der Waals surface area contributed by atoms with E-state index in [2.05, 4.69) is 27.5 Å². The summed E-state index contributed by atoms with van der Waals surface area (Å²) in [6.45, 7) is 2.88. The molecule has 2 heterocycles. The average Bonchev–Trinajstić information content (AvgIpc) is 3.26. The molecule has 1 amide bonds. The Bertz CT molecular complexity index is 842. The van der Waals surface area contributed by atoms with Crippen LogP contribution in [0.4, 0.5) is 0 Å². The highest BCUT2D eigenvalue weighted by molar-refractivity contribution is 5.91. The Kier molecular flexibility index (Phi) is 7.62. The topological polar surface area (TPSA) is 67.6 Å². The number of likely N-dealkylation sites (tertiary alicyclic amines) is 1. The van der Waals surface area contributed by atoms with Crippen LogP contribution in [-0.2, 0) is 6.54 Å². The van der Waals surface area contributed by atoms with Gasteiger partial charge in [-0.25, -0.2) is 0 Å². The Labute approximate surface area is 185 Å². The molecule has 6 nitrogen and oxygen atoms in total. The second-order valence-corrected chi connectivity index (χ2v) is 9.06. The molecule has 1 aliphatic carbocycles. The number of hydrogen-bond donors (Lipinski definition) is 1. The van der Waals surface area contributed by atoms with Gasteiger partial charge in [-0.2, -0.15) is 0 Å². The van der Waals surface area contributed by atoms with Crippen LogP contribution in [0.1, 0.15) is 85.5 Å². The fourth-order valence-corrected chi connectivity index (χ4v) is 4.91. The molecule has 2 aromatic rings. The van der Waals surface area contributed by atoms with E-state index in [9.17, 15) is 4.79 Å². The fraction of sp³-hybridized carbons (Fsp3) is 0.600. The van der Waals surface area contributed by atoms with Crippen LogP contribution >= 0.6 is 0 Å². The van der Waals surface area contributed by atoms with Gasteiger partial charge in [0.1, 0.15) is 5.75 Å². The minimum Gasteiger partial charge on any atom is -0.497 e. The Morgan fingerprint density at radius 3 is 2.74 bits per heavy atom. The summed E-state index contributed by atoms with van der Waals surface area (Å²) in [6, 6.07) is 10.4. The van der Waals surface area contributed by atoms with Crippen molar-refractivity contribution < 1.29 is 14.1 Å². The summed E-state index contributed by atoms with van der Waals surface area (Å²) in [7, 11) is 1.70. The number of carbonyl (C=O) groups excluding carboxylic acids is 1. The van der Waals surface area contributed by atoms with E-state index in [-0.39, 0.29) is 11.9 Å². The predicted octanol–water partition coefficient (Wildman–Crippen LogP) is 4.91. The molecule has 0 bridgehead atoms. The molecule has 1 aromatic carbocycles. The van der Waals surface area contributed by atoms with Gasteiger partial charge in [-0.3, -0.25) is 9.69 Å². The third kappa shape index (κ3) is 6.10. The smallest absolute Gasteiger partial charge is 0.290 e. The molecular weight excluding hydrogens is 390 g/mol. The molecule has 6 heteroatoms. The molecule has 1 atom stereocenters. The summed E-state index contributed by atoms with van der Waals surface area (Å²) in [5, 5.41) is 7.45. The van der Waals surface area contributed by atoms with Gasteiger partial charge in [0, 0.05) is 31.1 Å². The highest BCUT2D eigenvalue weighted by Gasteiger charge is 2.26. The van der Waals surface area contributed by atoms with Crippen LogP contribution < -0.4 is 10.1 Å². The first-order chi connectivity index (χ1) is 15.2. The molecule has 168 valence electrons. The van der Waals surface area contributed by atoms with Crippen molar-refractivity contribution in [3.8, 4) is 5.75 Å². The zero-order valence-corrected chi connectivity index (χ0v) is 18.6. The standard InChI is InChI=1S/C25H35N3O3/c1-30-22-13-7-9-19(15-22)17-28-14-8-10-20(18-28)23-16-24(31-27-23)25(29)26-21-11-5-3-2-4-6-12-21/h7,9,13,15-16,20-21H,2-6,8,10-12,14,17-18H2,1H3,(H,26,29)/t20-/m0/s1. The monoisotopic (exact) mass is 425 g/mol. The zero-order chi connectivity index (χ0) is 21.5. The summed E-state index contributed by atoms with van der Waals surface area (Å²) in [5.74, 6) is 1.42. The van der Waals surface area contributed by atoms with E-state index in [0.717, 1.165) is 56.8 Å². The third-order valence-electron chi connectivity index (χ3n) is 6.66. The largest absolute Gasteiger partial charge is 0.497 e. The fourth-order valence-electron chi connectivity index (χ4n) is 4.91. The zero-order valence-electron chi connectivity index (χ0n) is 18.6. The Morgan fingerprint density at radius 2 is 1.94 bits per heavy atom. The molecule has 2 fully saturated rings. The first-order valence-electron chi connectivity index (χ1n) is 11.8. The SMILES string of the molecule is COc1cccc(CN2CCC[C@H](c3cc(C(=O)NC4CCCCCCC4)on3)C2)c1. The van der Waals surface area contributed by atoms with Crippen molar-refractivity contribution in [1.29, 1.82) is 0 Å². The minimum atomic E-state index is -0.117. The van der Waals surface area contributed by atoms with Crippen LogP contribution in [-0.4, -0.2) is 42.2 Å². The van der Waals surface area contributed by atoms with Crippen molar-refractivity contribution in [3.63, 3.8) is 0 Å². The first kappa shape index (κ1) is 21.9. The molecule has 1 saturated heterocycles. The number of nitrogens with zero attached hydrogens (tertiary/aromatic N) is 2. The summed E-state index contributed by atoms with van der Waals surface area (Å²) in [4.78, 5) is 15.2. The molecule has 2 aliphatic rings. The van der Waals surface area contributed by atoms with Gasteiger partial charge in [0.15, 0.2) is 0 Å². The lowest BCUT2D eigenvalue weighted by Gasteiger charge is -2.31. The number of aromatic nitrogens is 1. The molecule has 1 N–H and O–H groups in total. The second-order valence-electron chi connectivity index (χ2n) is 9.06. The Hall–Kier alpha value is -2.34. The number of hydrogen-bond acceptors (Lipinski definition) is 5. The maximum absolute atomic E-state index is 12.7. The highest BCUT2D eigenvalue weighted by Crippen LogP contribution is 2.28. The van der Waals surface area contributed by atoms with Gasteiger partial charge in [-0.15, -0.1) is 0 Å². The van der Waals surface area contributed by atoms with Gasteiger partial charge in [-0.05, 0) is 49.9 Å². The molecule has 1 saturated carbocycles. The van der Waals surface area contributed by atoms with Crippen LogP contribution in [0.3, 0.4) is 0 Å². The minimum absolute atomic E-state index is 0.117. The summed E-state index contributed by atoms with van der Waals surface area (Å²) in [6.07, 6.45) is 10.6. The first-order valence-corrected chi connectivity index (χ1v) is 11.8. The van der Waals surface area contributed by atoms with E-state index < -0.39 is 0 Å². The normalized spacial score (nSPS) is 21.3. The van der Waals surface area contributed by atoms with Gasteiger partial charge in [0.25, 0.3) is 5.91 Å². The molecule has 1 aromatic heterocycles. The van der Waals surface area contributed by atoms with Gasteiger partial charge in [0.2, 0.25) is 5.76 Å². The van der Waals surface area contributed by atoms with Gasteiger partial charge in [0.05, 0.1) is 12.8 Å². The van der Waals surface area contributed by atoms with E-state index in [4.69, 9.17) is 9.26 Å². The van der Waals surface area contributed by atoms with Crippen LogP contribution in [0.5, 0.6) is 5.75 Å². The van der Waals surface area contributed by atoms with E-state index in [1.807, 2.05) is 18.2 Å². The van der Waals surface area contributed by atoms with E-state index >= 15 is 0 Å². The van der Waals surface area contributed by atoms with E-state index in [0.29, 0.717) is 11.7 Å². The van der Waals surface area contributed by atoms with Crippen molar-refractivity contribution >= 4 is 5.91 Å². The summed E-state index contributed by atoms with van der Waals surface area (Å²) >= 11 is 0. The highest BCUT2D eigenvalue weighted by atomic mass is 16.5. The lowest BCUT2D eigenvalue weighted by molar-refractivity contribution is 0.0892. The molecule has 4 rings (SSSR count). The molecular formula is C25H35N3O3. The van der Waals surface area contributed by atoms with E-state index in [1.54, 1.807) is 7.11 Å². The lowest BCUT2D eigenvalue weighted by atomic mass is 9.94. The summed E-state index contributed by atoms with van der Waals surface area (Å²) < 4.78 is 10.8. The Balaban J connectivity index is 1.33. The average molecular weight is 426 g/mol. The van der Waals surface area contributed by atoms with Crippen LogP contribution in [0.25, 0.3) is 0 Å². The molecule has 0 spiro atoms. The summed E-state index contributed by atoms with van der Waals surface area (Å²) in [5.41, 5.74) is 2.15. The number of carbonyl (C=O) groups is 1. The number of nitrogens with one attached hydrogen (secondary N) is 1. The molecule has 0 radical (unpaired) electrons. The quantitative estimate of drug-likeness (QED) is 0.713. The lowest BCUT2D eigenvalue weighted by Crippen LogP contribution is -2.35. The Morgan fingerprint density at radius 1 is 1.13 bits per heavy atom. The van der Waals surface area contributed by atoms with Crippen molar-refractivity contribution in [3.05, 3.63) is 47.3 Å². The van der Waals surface area contributed by atoms with Gasteiger partial charge < -0.3 is 14.6 Å². The van der Waals surface area contributed by atoms with Crippen molar-refractivity contribution in [2.75, 3.05) is 20.2 Å². The molecule has 31 heavy (non-hydrogen) atoms. The number of amides is 1. The third-order valence-corrected chi connectivity index (χ3v) is 6.66. The number of benzene rings is 1. The predicted molar refractivity (Wildman–Crippen MR) is 120 cm³/mol. The van der Waals surface area contributed by atoms with Crippen LogP contribution in [0.2, 0.25) is 0 Å². The number of piperidine rings is 1. The maximum Gasteiger partial charge on any atom is 0.290 e. The van der Waals surface area contributed by atoms with Crippen molar-refractivity contribution in [2.45, 2.75) is 76.3 Å². The van der Waals surface area contributed by atoms with Crippen molar-refractivity contribution in [1.82, 2.24) is 15.4 Å². The van der Waals surface area contributed by atoms with E-state index in [1.165, 1.54) is 37.7 Å².